The maximum absolute atomic E-state index is 12.3. The molecule has 0 bridgehead atoms. The van der Waals surface area contributed by atoms with E-state index in [1.165, 1.54) is 20.1 Å². The Morgan fingerprint density at radius 3 is 2.21 bits per heavy atom. The molecule has 0 heterocycles. The molecule has 0 spiro atoms. The van der Waals surface area contributed by atoms with Crippen molar-refractivity contribution in [2.75, 3.05) is 19.5 Å². The number of ether oxygens (including phenoxy) is 2. The largest absolute Gasteiger partial charge is 0.493 e. The van der Waals surface area contributed by atoms with Crippen LogP contribution in [-0.4, -0.2) is 25.9 Å². The molecule has 0 saturated carbocycles. The topological polar surface area (TPSA) is 64.6 Å². The summed E-state index contributed by atoms with van der Waals surface area (Å²) in [6, 6.07) is 12.2. The lowest BCUT2D eigenvalue weighted by Crippen LogP contribution is -2.05. The number of hydrogen-bond acceptors (Lipinski definition) is 4. The van der Waals surface area contributed by atoms with E-state index < -0.39 is 0 Å². The third kappa shape index (κ3) is 4.46. The minimum Gasteiger partial charge on any atom is -0.493 e. The van der Waals surface area contributed by atoms with Crippen molar-refractivity contribution in [3.63, 3.8) is 0 Å². The van der Waals surface area contributed by atoms with Crippen molar-refractivity contribution >= 4 is 23.5 Å². The normalized spacial score (nSPS) is 10.5. The number of anilines is 1. The molecule has 5 nitrogen and oxygen atoms in total. The molecule has 1 N–H and O–H groups in total. The molecule has 0 aliphatic rings. The summed E-state index contributed by atoms with van der Waals surface area (Å²) < 4.78 is 10.4. The van der Waals surface area contributed by atoms with E-state index in [0.29, 0.717) is 22.7 Å². The van der Waals surface area contributed by atoms with Crippen LogP contribution in [0.4, 0.5) is 5.69 Å². The van der Waals surface area contributed by atoms with E-state index in [1.807, 2.05) is 12.1 Å². The maximum Gasteiger partial charge on any atom is 0.221 e. The monoisotopic (exact) mass is 325 g/mol. The molecule has 24 heavy (non-hydrogen) atoms. The van der Waals surface area contributed by atoms with Gasteiger partial charge >= 0.3 is 0 Å². The average molecular weight is 325 g/mol. The number of ketones is 1. The van der Waals surface area contributed by atoms with Gasteiger partial charge in [0, 0.05) is 18.2 Å². The van der Waals surface area contributed by atoms with Crippen LogP contribution in [-0.2, 0) is 4.79 Å². The van der Waals surface area contributed by atoms with Crippen LogP contribution in [0.25, 0.3) is 6.08 Å². The van der Waals surface area contributed by atoms with E-state index in [2.05, 4.69) is 5.32 Å². The number of benzene rings is 2. The fourth-order valence-electron chi connectivity index (χ4n) is 2.14. The molecule has 0 saturated heterocycles. The van der Waals surface area contributed by atoms with Crippen molar-refractivity contribution < 1.29 is 19.1 Å². The molecule has 2 aromatic carbocycles. The minimum atomic E-state index is -0.137. The van der Waals surface area contributed by atoms with Crippen LogP contribution in [0.5, 0.6) is 11.5 Å². The smallest absolute Gasteiger partial charge is 0.221 e. The van der Waals surface area contributed by atoms with Gasteiger partial charge in [-0.05, 0) is 42.0 Å². The lowest BCUT2D eigenvalue weighted by molar-refractivity contribution is -0.114. The number of methoxy groups -OCH3 is 2. The summed E-state index contributed by atoms with van der Waals surface area (Å²) in [7, 11) is 3.07. The fraction of sp³-hybridized carbons (Fsp3) is 0.158. The second kappa shape index (κ2) is 7.97. The standard InChI is InChI=1S/C19H19NO4/c1-13(21)20-16-8-4-14(5-9-16)6-10-17(22)15-7-11-18(23-2)19(12-15)24-3/h4-12H,1-3H3,(H,20,21)/b10-6+. The van der Waals surface area contributed by atoms with Crippen molar-refractivity contribution in [2.24, 2.45) is 0 Å². The van der Waals surface area contributed by atoms with E-state index in [1.54, 1.807) is 43.5 Å². The summed E-state index contributed by atoms with van der Waals surface area (Å²) in [6.07, 6.45) is 3.21. The predicted octanol–water partition coefficient (Wildman–Crippen LogP) is 3.56. The fourth-order valence-corrected chi connectivity index (χ4v) is 2.14. The van der Waals surface area contributed by atoms with Gasteiger partial charge in [-0.25, -0.2) is 0 Å². The number of nitrogens with one attached hydrogen (secondary N) is 1. The first-order chi connectivity index (χ1) is 11.5. The van der Waals surface area contributed by atoms with Crippen LogP contribution in [0, 0.1) is 0 Å². The number of hydrogen-bond donors (Lipinski definition) is 1. The van der Waals surface area contributed by atoms with Gasteiger partial charge in [-0.1, -0.05) is 18.2 Å². The van der Waals surface area contributed by atoms with E-state index in [-0.39, 0.29) is 11.7 Å². The first-order valence-corrected chi connectivity index (χ1v) is 7.35. The third-order valence-corrected chi connectivity index (χ3v) is 3.33. The predicted molar refractivity (Wildman–Crippen MR) is 93.7 cm³/mol. The second-order valence-corrected chi connectivity index (χ2v) is 5.07. The number of allylic oxidation sites excluding steroid dienone is 1. The van der Waals surface area contributed by atoms with Crippen molar-refractivity contribution in [3.8, 4) is 11.5 Å². The Balaban J connectivity index is 2.11. The Morgan fingerprint density at radius 1 is 0.958 bits per heavy atom. The Labute approximate surface area is 140 Å². The minimum absolute atomic E-state index is 0.123. The van der Waals surface area contributed by atoms with E-state index in [0.717, 1.165) is 5.56 Å². The van der Waals surface area contributed by atoms with Crippen LogP contribution in [0.1, 0.15) is 22.8 Å². The highest BCUT2D eigenvalue weighted by Gasteiger charge is 2.08. The number of carbonyl (C=O) groups excluding carboxylic acids is 2. The lowest BCUT2D eigenvalue weighted by atomic mass is 10.1. The number of rotatable bonds is 6. The molecular formula is C19H19NO4. The van der Waals surface area contributed by atoms with Gasteiger partial charge in [0.1, 0.15) is 0 Å². The zero-order valence-electron chi connectivity index (χ0n) is 13.8. The molecule has 0 aliphatic carbocycles. The summed E-state index contributed by atoms with van der Waals surface area (Å²) in [6.45, 7) is 1.45. The first kappa shape index (κ1) is 17.3. The zero-order valence-corrected chi connectivity index (χ0v) is 13.8. The maximum atomic E-state index is 12.3. The quantitative estimate of drug-likeness (QED) is 0.651. The Kier molecular flexibility index (Phi) is 5.73. The van der Waals surface area contributed by atoms with Crippen LogP contribution in [0.2, 0.25) is 0 Å². The van der Waals surface area contributed by atoms with Crippen molar-refractivity contribution in [3.05, 3.63) is 59.7 Å². The summed E-state index contributed by atoms with van der Waals surface area (Å²) in [4.78, 5) is 23.2. The van der Waals surface area contributed by atoms with Gasteiger partial charge in [-0.2, -0.15) is 0 Å². The Morgan fingerprint density at radius 2 is 1.62 bits per heavy atom. The average Bonchev–Trinajstić information content (AvgIpc) is 2.59. The van der Waals surface area contributed by atoms with Gasteiger partial charge in [-0.3, -0.25) is 9.59 Å². The molecule has 2 aromatic rings. The molecule has 5 heteroatoms. The van der Waals surface area contributed by atoms with E-state index in [4.69, 9.17) is 9.47 Å². The zero-order chi connectivity index (χ0) is 17.5. The molecule has 0 radical (unpaired) electrons. The van der Waals surface area contributed by atoms with Crippen LogP contribution in [0.3, 0.4) is 0 Å². The van der Waals surface area contributed by atoms with Gasteiger partial charge in [-0.15, -0.1) is 0 Å². The molecule has 2 rings (SSSR count). The molecule has 0 aromatic heterocycles. The molecule has 0 unspecified atom stereocenters. The van der Waals surface area contributed by atoms with Crippen molar-refractivity contribution in [2.45, 2.75) is 6.92 Å². The summed E-state index contributed by atoms with van der Waals surface area (Å²) >= 11 is 0. The lowest BCUT2D eigenvalue weighted by Gasteiger charge is -2.08. The molecular weight excluding hydrogens is 306 g/mol. The van der Waals surface area contributed by atoms with Crippen molar-refractivity contribution in [1.29, 1.82) is 0 Å². The van der Waals surface area contributed by atoms with Gasteiger partial charge in [0.15, 0.2) is 17.3 Å². The summed E-state index contributed by atoms with van der Waals surface area (Å²) in [5.74, 6) is 0.826. The molecule has 124 valence electrons. The van der Waals surface area contributed by atoms with Crippen LogP contribution in [0.15, 0.2) is 48.5 Å². The second-order valence-electron chi connectivity index (χ2n) is 5.07. The third-order valence-electron chi connectivity index (χ3n) is 3.33. The van der Waals surface area contributed by atoms with Crippen molar-refractivity contribution in [1.82, 2.24) is 0 Å². The van der Waals surface area contributed by atoms with Gasteiger partial charge in [0.2, 0.25) is 5.91 Å². The summed E-state index contributed by atoms with van der Waals surface area (Å²) in [5.41, 5.74) is 2.09. The highest BCUT2D eigenvalue weighted by molar-refractivity contribution is 6.07. The Bertz CT molecular complexity index is 763. The van der Waals surface area contributed by atoms with Crippen LogP contribution < -0.4 is 14.8 Å². The Hall–Kier alpha value is -3.08. The summed E-state index contributed by atoms with van der Waals surface area (Å²) in [5, 5.41) is 2.69. The van der Waals surface area contributed by atoms with E-state index in [9.17, 15) is 9.59 Å². The first-order valence-electron chi connectivity index (χ1n) is 7.35. The molecule has 1 amide bonds. The number of amides is 1. The SMILES string of the molecule is COc1ccc(C(=O)/C=C/c2ccc(NC(C)=O)cc2)cc1OC. The molecule has 0 aliphatic heterocycles. The van der Waals surface area contributed by atoms with Crippen LogP contribution >= 0.6 is 0 Å². The van der Waals surface area contributed by atoms with Gasteiger partial charge < -0.3 is 14.8 Å². The van der Waals surface area contributed by atoms with Gasteiger partial charge in [0.25, 0.3) is 0 Å². The highest BCUT2D eigenvalue weighted by atomic mass is 16.5. The van der Waals surface area contributed by atoms with E-state index >= 15 is 0 Å². The van der Waals surface area contributed by atoms with Gasteiger partial charge in [0.05, 0.1) is 14.2 Å². The highest BCUT2D eigenvalue weighted by Crippen LogP contribution is 2.27. The molecule has 0 atom stereocenters. The molecule has 0 fully saturated rings. The number of carbonyl (C=O) groups is 2.